The van der Waals surface area contributed by atoms with Gasteiger partial charge in [-0.3, -0.25) is 14.3 Å². The average molecular weight is 692 g/mol. The summed E-state index contributed by atoms with van der Waals surface area (Å²) in [7, 11) is 2.39. The second-order valence-electron chi connectivity index (χ2n) is 12.3. The third-order valence-electron chi connectivity index (χ3n) is 9.47. The molecule has 2 fully saturated rings. The first-order valence-corrected chi connectivity index (χ1v) is 16.6. The van der Waals surface area contributed by atoms with Crippen LogP contribution in [-0.4, -0.2) is 60.9 Å². The van der Waals surface area contributed by atoms with Gasteiger partial charge in [0.15, 0.2) is 6.23 Å². The Bertz CT molecular complexity index is 2020. The topological polar surface area (TPSA) is 156 Å². The summed E-state index contributed by atoms with van der Waals surface area (Å²) in [6, 6.07) is 32.7. The van der Waals surface area contributed by atoms with Crippen molar-refractivity contribution in [2.75, 3.05) is 20.8 Å². The number of fused-ring (bicyclic) bond motifs is 1. The van der Waals surface area contributed by atoms with Crippen molar-refractivity contribution in [3.8, 4) is 11.5 Å². The molecule has 51 heavy (non-hydrogen) atoms. The molecule has 4 atom stereocenters. The molecule has 2 saturated heterocycles. The van der Waals surface area contributed by atoms with Gasteiger partial charge in [0.1, 0.15) is 35.4 Å². The van der Waals surface area contributed by atoms with Crippen LogP contribution >= 0.6 is 0 Å². The van der Waals surface area contributed by atoms with Gasteiger partial charge < -0.3 is 39.1 Å². The monoisotopic (exact) mass is 691 g/mol. The number of aliphatic hydroxyl groups is 1. The van der Waals surface area contributed by atoms with Crippen molar-refractivity contribution in [3.05, 3.63) is 158 Å². The number of benzene rings is 4. The van der Waals surface area contributed by atoms with Gasteiger partial charge in [-0.1, -0.05) is 72.8 Å². The van der Waals surface area contributed by atoms with Gasteiger partial charge in [-0.15, -0.1) is 0 Å². The highest BCUT2D eigenvalue weighted by Gasteiger charge is 2.55. The van der Waals surface area contributed by atoms with Crippen molar-refractivity contribution in [1.82, 2.24) is 9.55 Å². The van der Waals surface area contributed by atoms with Crippen molar-refractivity contribution in [3.63, 3.8) is 0 Å². The maximum atomic E-state index is 12.7. The lowest BCUT2D eigenvalue weighted by Crippen LogP contribution is -2.40. The number of aromatic amines is 1. The molecule has 3 heterocycles. The van der Waals surface area contributed by atoms with Crippen LogP contribution in [0.4, 0.5) is 0 Å². The van der Waals surface area contributed by atoms with Crippen molar-refractivity contribution in [2.24, 2.45) is 5.73 Å². The highest BCUT2D eigenvalue weighted by molar-refractivity contribution is 6.62. The van der Waals surface area contributed by atoms with Crippen molar-refractivity contribution in [1.29, 1.82) is 0 Å². The maximum absolute atomic E-state index is 12.7. The smallest absolute Gasteiger partial charge is 0.495 e. The number of nitrogens with one attached hydrogen (secondary N) is 1. The molecular weight excluding hydrogens is 653 g/mol. The van der Waals surface area contributed by atoms with Crippen LogP contribution in [0.2, 0.25) is 0 Å². The number of H-pyrrole nitrogens is 1. The van der Waals surface area contributed by atoms with Gasteiger partial charge in [0.2, 0.25) is 0 Å². The van der Waals surface area contributed by atoms with Crippen LogP contribution in [-0.2, 0) is 37.5 Å². The first-order valence-electron chi connectivity index (χ1n) is 16.6. The van der Waals surface area contributed by atoms with Crippen LogP contribution in [0.15, 0.2) is 119 Å². The Morgan fingerprint density at radius 3 is 2.06 bits per heavy atom. The van der Waals surface area contributed by atoms with Crippen molar-refractivity contribution >= 4 is 12.6 Å². The van der Waals surface area contributed by atoms with Gasteiger partial charge in [-0.2, -0.15) is 0 Å². The summed E-state index contributed by atoms with van der Waals surface area (Å²) in [5.41, 5.74) is 9.01. The first kappa shape index (κ1) is 34.4. The van der Waals surface area contributed by atoms with Crippen molar-refractivity contribution in [2.45, 2.75) is 43.3 Å². The Labute approximate surface area is 294 Å². The third kappa shape index (κ3) is 6.51. The molecular formula is C38H38BN3O9. The van der Waals surface area contributed by atoms with Crippen LogP contribution in [0.5, 0.6) is 11.5 Å². The van der Waals surface area contributed by atoms with Crippen LogP contribution in [0.1, 0.15) is 34.0 Å². The number of aromatic nitrogens is 2. The van der Waals surface area contributed by atoms with E-state index < -0.39 is 48.5 Å². The van der Waals surface area contributed by atoms with E-state index in [9.17, 15) is 14.7 Å². The van der Waals surface area contributed by atoms with E-state index >= 15 is 0 Å². The number of nitrogens with zero attached hydrogens (tertiary/aromatic N) is 1. The van der Waals surface area contributed by atoms with Gasteiger partial charge in [0, 0.05) is 18.8 Å². The summed E-state index contributed by atoms with van der Waals surface area (Å²) in [6.07, 6.45) is -1.80. The molecule has 0 radical (unpaired) electrons. The zero-order valence-electron chi connectivity index (χ0n) is 28.1. The first-order chi connectivity index (χ1) is 24.9. The molecule has 12 nitrogen and oxygen atoms in total. The Hall–Kier alpha value is -5.02. The molecule has 0 spiro atoms. The zero-order chi connectivity index (χ0) is 35.5. The fourth-order valence-electron chi connectivity index (χ4n) is 6.89. The Kier molecular flexibility index (Phi) is 9.91. The number of methoxy groups -OCH3 is 2. The van der Waals surface area contributed by atoms with Gasteiger partial charge in [0.25, 0.3) is 5.56 Å². The molecule has 0 unspecified atom stereocenters. The molecule has 7 rings (SSSR count). The minimum Gasteiger partial charge on any atom is -0.497 e. The SMILES string of the molecule is COc1ccc(C(OCc2ccc(CN)c(B3O[C@@H]4[C@H](O3)[C@@H](CO)O[C@H]4n3ccc(=O)[nH]c3=O)c2)(c2ccccc2)c2ccc(OC)cc2)cc1. The lowest BCUT2D eigenvalue weighted by molar-refractivity contribution is -0.0606. The molecule has 0 aliphatic carbocycles. The largest absolute Gasteiger partial charge is 0.497 e. The van der Waals surface area contributed by atoms with Crippen LogP contribution in [0.25, 0.3) is 0 Å². The summed E-state index contributed by atoms with van der Waals surface area (Å²) in [6.45, 7) is 0.0351. The maximum Gasteiger partial charge on any atom is 0.495 e. The molecule has 2 aliphatic rings. The molecule has 0 saturated carbocycles. The summed E-state index contributed by atoms with van der Waals surface area (Å²) in [5, 5.41) is 10.1. The fraction of sp³-hybridized carbons (Fsp3) is 0.263. The summed E-state index contributed by atoms with van der Waals surface area (Å²) >= 11 is 0. The molecule has 4 aromatic carbocycles. The average Bonchev–Trinajstić information content (AvgIpc) is 3.76. The van der Waals surface area contributed by atoms with Gasteiger partial charge in [-0.25, -0.2) is 4.79 Å². The highest BCUT2D eigenvalue weighted by Crippen LogP contribution is 2.43. The Balaban J connectivity index is 1.24. The molecule has 0 amide bonds. The number of hydrogen-bond acceptors (Lipinski definition) is 10. The van der Waals surface area contributed by atoms with Gasteiger partial charge in [0.05, 0.1) is 27.4 Å². The van der Waals surface area contributed by atoms with E-state index in [-0.39, 0.29) is 19.8 Å². The predicted molar refractivity (Wildman–Crippen MR) is 189 cm³/mol. The minimum atomic E-state index is -1.04. The second-order valence-corrected chi connectivity index (χ2v) is 12.3. The Morgan fingerprint density at radius 2 is 1.47 bits per heavy atom. The van der Waals surface area contributed by atoms with E-state index in [4.69, 9.17) is 34.0 Å². The second kappa shape index (κ2) is 14.7. The lowest BCUT2D eigenvalue weighted by atomic mass is 9.75. The standard InChI is InChI=1S/C38H38BN3O9/c1-46-29-14-10-27(11-15-29)38(26-6-4-3-5-7-26,28-12-16-30(47-2)17-13-28)48-23-24-8-9-25(21-40)31(20-24)39-50-34-32(22-43)49-36(35(34)51-39)42-19-18-33(44)41-37(42)45/h3-20,32,34-36,43H,21-23,40H2,1-2H3,(H,41,44,45)/t32-,34-,35-,36-/m1/s1. The number of hydrogen-bond donors (Lipinski definition) is 3. The quantitative estimate of drug-likeness (QED) is 0.131. The zero-order valence-corrected chi connectivity index (χ0v) is 28.1. The van der Waals surface area contributed by atoms with E-state index in [1.807, 2.05) is 97.1 Å². The number of ether oxygens (including phenoxy) is 4. The normalized spacial score (nSPS) is 20.0. The number of rotatable bonds is 12. The highest BCUT2D eigenvalue weighted by atomic mass is 16.7. The fourth-order valence-corrected chi connectivity index (χ4v) is 6.89. The van der Waals surface area contributed by atoms with Crippen molar-refractivity contribution < 1.29 is 33.4 Å². The molecule has 2 aliphatic heterocycles. The Morgan fingerprint density at radius 1 is 0.843 bits per heavy atom. The number of nitrogens with two attached hydrogens (primary N) is 1. The number of aliphatic hydroxyl groups excluding tert-OH is 1. The van der Waals surface area contributed by atoms with E-state index in [1.165, 1.54) is 16.8 Å². The third-order valence-corrected chi connectivity index (χ3v) is 9.47. The lowest BCUT2D eigenvalue weighted by Gasteiger charge is -2.36. The minimum absolute atomic E-state index is 0.183. The van der Waals surface area contributed by atoms with E-state index in [2.05, 4.69) is 4.98 Å². The molecule has 13 heteroatoms. The van der Waals surface area contributed by atoms with Crippen LogP contribution < -0.4 is 31.9 Å². The van der Waals surface area contributed by atoms with Crippen LogP contribution in [0, 0.1) is 0 Å². The molecule has 262 valence electrons. The van der Waals surface area contributed by atoms with E-state index in [0.717, 1.165) is 39.3 Å². The summed E-state index contributed by atoms with van der Waals surface area (Å²) < 4.78 is 38.0. The van der Waals surface area contributed by atoms with Crippen LogP contribution in [0.3, 0.4) is 0 Å². The van der Waals surface area contributed by atoms with E-state index in [1.54, 1.807) is 14.2 Å². The summed E-state index contributed by atoms with van der Waals surface area (Å²) in [5.74, 6) is 1.44. The molecule has 0 bridgehead atoms. The molecule has 1 aromatic heterocycles. The molecule has 4 N–H and O–H groups in total. The van der Waals surface area contributed by atoms with Gasteiger partial charge in [-0.05, 0) is 57.5 Å². The predicted octanol–water partition coefficient (Wildman–Crippen LogP) is 2.59. The van der Waals surface area contributed by atoms with E-state index in [0.29, 0.717) is 5.46 Å². The van der Waals surface area contributed by atoms with Gasteiger partial charge >= 0.3 is 12.8 Å². The molecule has 5 aromatic rings. The summed E-state index contributed by atoms with van der Waals surface area (Å²) in [4.78, 5) is 26.6.